The number of carbonyl (C=O) groups excluding carboxylic acids is 1. The van der Waals surface area contributed by atoms with E-state index in [2.05, 4.69) is 13.0 Å². The summed E-state index contributed by atoms with van der Waals surface area (Å²) in [5.41, 5.74) is 2.00. The van der Waals surface area contributed by atoms with Crippen LogP contribution in [0.2, 0.25) is 0 Å². The van der Waals surface area contributed by atoms with Crippen molar-refractivity contribution in [3.63, 3.8) is 0 Å². The Balaban J connectivity index is 2.05. The van der Waals surface area contributed by atoms with Crippen molar-refractivity contribution in [2.45, 2.75) is 6.92 Å². The summed E-state index contributed by atoms with van der Waals surface area (Å²) in [4.78, 5) is 14.5. The monoisotopic (exact) mass is 255 g/mol. The number of benzene rings is 2. The summed E-state index contributed by atoms with van der Waals surface area (Å²) in [6.45, 7) is 4.71. The van der Waals surface area contributed by atoms with Gasteiger partial charge in [-0.3, -0.25) is 4.79 Å². The van der Waals surface area contributed by atoms with Crippen molar-refractivity contribution >= 4 is 16.7 Å². The van der Waals surface area contributed by atoms with Gasteiger partial charge in [-0.1, -0.05) is 30.3 Å². The molecule has 19 heavy (non-hydrogen) atoms. The van der Waals surface area contributed by atoms with Crippen LogP contribution in [0.3, 0.4) is 0 Å². The standard InChI is InChI=1S/C16H17NO2/c1-12-6-7-15(14-5-3-2-4-13(12)14)16(18)17-8-10-19-11-9-17/h2-7H,8-11H2,1H3. The highest BCUT2D eigenvalue weighted by Crippen LogP contribution is 2.23. The topological polar surface area (TPSA) is 29.5 Å². The summed E-state index contributed by atoms with van der Waals surface area (Å²) >= 11 is 0. The molecule has 1 amide bonds. The largest absolute Gasteiger partial charge is 0.378 e. The number of fused-ring (bicyclic) bond motifs is 1. The van der Waals surface area contributed by atoms with E-state index in [1.54, 1.807) is 0 Å². The van der Waals surface area contributed by atoms with E-state index in [9.17, 15) is 4.79 Å². The highest BCUT2D eigenvalue weighted by atomic mass is 16.5. The van der Waals surface area contributed by atoms with E-state index < -0.39 is 0 Å². The van der Waals surface area contributed by atoms with Crippen LogP contribution in [0.15, 0.2) is 36.4 Å². The predicted molar refractivity (Wildman–Crippen MR) is 75.4 cm³/mol. The normalized spacial score (nSPS) is 15.7. The fraction of sp³-hybridized carbons (Fsp3) is 0.312. The van der Waals surface area contributed by atoms with Crippen molar-refractivity contribution in [1.29, 1.82) is 0 Å². The average Bonchev–Trinajstić information content (AvgIpc) is 2.48. The highest BCUT2D eigenvalue weighted by molar-refractivity contribution is 6.07. The molecule has 0 N–H and O–H groups in total. The second-order valence-electron chi connectivity index (χ2n) is 4.88. The molecular formula is C16H17NO2. The number of nitrogens with zero attached hydrogens (tertiary/aromatic N) is 1. The lowest BCUT2D eigenvalue weighted by Gasteiger charge is -2.27. The van der Waals surface area contributed by atoms with Crippen LogP contribution in [-0.2, 0) is 4.74 Å². The minimum Gasteiger partial charge on any atom is -0.378 e. The zero-order valence-electron chi connectivity index (χ0n) is 11.1. The molecule has 98 valence electrons. The van der Waals surface area contributed by atoms with Gasteiger partial charge in [0.2, 0.25) is 0 Å². The Morgan fingerprint density at radius 2 is 1.74 bits per heavy atom. The number of hydrogen-bond donors (Lipinski definition) is 0. The van der Waals surface area contributed by atoms with Gasteiger partial charge in [-0.15, -0.1) is 0 Å². The minimum absolute atomic E-state index is 0.111. The Bertz CT molecular complexity index is 615. The summed E-state index contributed by atoms with van der Waals surface area (Å²) in [5, 5.41) is 2.20. The Hall–Kier alpha value is -1.87. The highest BCUT2D eigenvalue weighted by Gasteiger charge is 2.20. The maximum Gasteiger partial charge on any atom is 0.254 e. The van der Waals surface area contributed by atoms with E-state index in [4.69, 9.17) is 4.74 Å². The molecule has 2 aromatic carbocycles. The van der Waals surface area contributed by atoms with Crippen molar-refractivity contribution < 1.29 is 9.53 Å². The van der Waals surface area contributed by atoms with Crippen LogP contribution in [0.5, 0.6) is 0 Å². The first kappa shape index (κ1) is 12.2. The summed E-state index contributed by atoms with van der Waals surface area (Å²) in [6, 6.07) is 12.1. The van der Waals surface area contributed by atoms with Crippen molar-refractivity contribution in [3.05, 3.63) is 47.5 Å². The maximum absolute atomic E-state index is 12.6. The van der Waals surface area contributed by atoms with Crippen LogP contribution in [0.25, 0.3) is 10.8 Å². The van der Waals surface area contributed by atoms with E-state index in [-0.39, 0.29) is 5.91 Å². The fourth-order valence-corrected chi connectivity index (χ4v) is 2.57. The van der Waals surface area contributed by atoms with Gasteiger partial charge in [-0.25, -0.2) is 0 Å². The molecule has 1 saturated heterocycles. The van der Waals surface area contributed by atoms with E-state index in [1.165, 1.54) is 5.56 Å². The molecule has 0 saturated carbocycles. The zero-order valence-corrected chi connectivity index (χ0v) is 11.1. The Morgan fingerprint density at radius 3 is 2.47 bits per heavy atom. The second kappa shape index (κ2) is 5.02. The molecule has 0 aliphatic carbocycles. The van der Waals surface area contributed by atoms with E-state index in [0.29, 0.717) is 26.3 Å². The smallest absolute Gasteiger partial charge is 0.254 e. The second-order valence-corrected chi connectivity index (χ2v) is 4.88. The average molecular weight is 255 g/mol. The van der Waals surface area contributed by atoms with Crippen molar-refractivity contribution in [2.75, 3.05) is 26.3 Å². The predicted octanol–water partition coefficient (Wildman–Crippen LogP) is 2.62. The van der Waals surface area contributed by atoms with Gasteiger partial charge in [0.15, 0.2) is 0 Å². The van der Waals surface area contributed by atoms with Crippen LogP contribution in [-0.4, -0.2) is 37.1 Å². The first-order valence-electron chi connectivity index (χ1n) is 6.63. The lowest BCUT2D eigenvalue weighted by atomic mass is 9.99. The van der Waals surface area contributed by atoms with Gasteiger partial charge >= 0.3 is 0 Å². The van der Waals surface area contributed by atoms with Crippen LogP contribution in [0, 0.1) is 6.92 Å². The molecule has 3 nitrogen and oxygen atoms in total. The molecule has 0 aromatic heterocycles. The van der Waals surface area contributed by atoms with Gasteiger partial charge in [0, 0.05) is 18.7 Å². The molecule has 0 unspecified atom stereocenters. The summed E-state index contributed by atoms with van der Waals surface area (Å²) < 4.78 is 5.30. The van der Waals surface area contributed by atoms with Gasteiger partial charge in [-0.2, -0.15) is 0 Å². The molecule has 1 fully saturated rings. The Kier molecular flexibility index (Phi) is 3.22. The third-order valence-electron chi connectivity index (χ3n) is 3.67. The molecular weight excluding hydrogens is 238 g/mol. The van der Waals surface area contributed by atoms with Crippen LogP contribution in [0.4, 0.5) is 0 Å². The number of hydrogen-bond acceptors (Lipinski definition) is 2. The van der Waals surface area contributed by atoms with Crippen LogP contribution < -0.4 is 0 Å². The number of morpholine rings is 1. The van der Waals surface area contributed by atoms with E-state index in [0.717, 1.165) is 16.3 Å². The molecule has 0 spiro atoms. The summed E-state index contributed by atoms with van der Waals surface area (Å²) in [5.74, 6) is 0.111. The van der Waals surface area contributed by atoms with Crippen molar-refractivity contribution in [3.8, 4) is 0 Å². The molecule has 0 bridgehead atoms. The maximum atomic E-state index is 12.6. The first-order valence-corrected chi connectivity index (χ1v) is 6.63. The number of amides is 1. The third-order valence-corrected chi connectivity index (χ3v) is 3.67. The lowest BCUT2D eigenvalue weighted by Crippen LogP contribution is -2.40. The summed E-state index contributed by atoms with van der Waals surface area (Å²) in [6.07, 6.45) is 0. The molecule has 1 aliphatic rings. The van der Waals surface area contributed by atoms with Crippen LogP contribution >= 0.6 is 0 Å². The third kappa shape index (κ3) is 2.22. The molecule has 2 aromatic rings. The first-order chi connectivity index (χ1) is 9.27. The number of carbonyl (C=O) groups is 1. The van der Waals surface area contributed by atoms with E-state index >= 15 is 0 Å². The van der Waals surface area contributed by atoms with Gasteiger partial charge in [0.1, 0.15) is 0 Å². The van der Waals surface area contributed by atoms with Gasteiger partial charge in [0.05, 0.1) is 13.2 Å². The summed E-state index contributed by atoms with van der Waals surface area (Å²) in [7, 11) is 0. The zero-order chi connectivity index (χ0) is 13.2. The SMILES string of the molecule is Cc1ccc(C(=O)N2CCOCC2)c2ccccc12. The van der Waals surface area contributed by atoms with Crippen LogP contribution in [0.1, 0.15) is 15.9 Å². The van der Waals surface area contributed by atoms with Gasteiger partial charge in [0.25, 0.3) is 5.91 Å². The molecule has 1 heterocycles. The number of ether oxygens (including phenoxy) is 1. The number of rotatable bonds is 1. The quantitative estimate of drug-likeness (QED) is 0.784. The van der Waals surface area contributed by atoms with Crippen molar-refractivity contribution in [2.24, 2.45) is 0 Å². The molecule has 3 rings (SSSR count). The molecule has 3 heteroatoms. The lowest BCUT2D eigenvalue weighted by molar-refractivity contribution is 0.0304. The minimum atomic E-state index is 0.111. The molecule has 0 atom stereocenters. The molecule has 0 radical (unpaired) electrons. The van der Waals surface area contributed by atoms with E-state index in [1.807, 2.05) is 35.2 Å². The molecule has 1 aliphatic heterocycles. The Morgan fingerprint density at radius 1 is 1.05 bits per heavy atom. The number of aryl methyl sites for hydroxylation is 1. The van der Waals surface area contributed by atoms with Gasteiger partial charge in [-0.05, 0) is 29.3 Å². The van der Waals surface area contributed by atoms with Crippen molar-refractivity contribution in [1.82, 2.24) is 4.90 Å². The Labute approximate surface area is 112 Å². The fourth-order valence-electron chi connectivity index (χ4n) is 2.57. The van der Waals surface area contributed by atoms with Gasteiger partial charge < -0.3 is 9.64 Å².